The summed E-state index contributed by atoms with van der Waals surface area (Å²) in [7, 11) is 3.49. The predicted octanol–water partition coefficient (Wildman–Crippen LogP) is 2.15. The Morgan fingerprint density at radius 1 is 1.10 bits per heavy atom. The number of piperidine rings is 1. The van der Waals surface area contributed by atoms with E-state index in [1.165, 1.54) is 12.8 Å². The maximum Gasteiger partial charge on any atom is 0.255 e. The third kappa shape index (κ3) is 4.69. The van der Waals surface area contributed by atoms with Crippen LogP contribution >= 0.6 is 0 Å². The van der Waals surface area contributed by atoms with Crippen LogP contribution in [-0.4, -0.2) is 81.1 Å². The van der Waals surface area contributed by atoms with Crippen LogP contribution in [0.1, 0.15) is 47.2 Å². The highest BCUT2D eigenvalue weighted by molar-refractivity contribution is 6.05. The van der Waals surface area contributed by atoms with Crippen LogP contribution in [0.3, 0.4) is 0 Å². The van der Waals surface area contributed by atoms with Crippen molar-refractivity contribution < 1.29 is 19.2 Å². The molecule has 3 aliphatic rings. The van der Waals surface area contributed by atoms with Crippen LogP contribution in [0.2, 0.25) is 0 Å². The Kier molecular flexibility index (Phi) is 6.42. The lowest BCUT2D eigenvalue weighted by Crippen LogP contribution is -2.52. The molecule has 1 aromatic carbocycles. The maximum atomic E-state index is 13.2. The van der Waals surface area contributed by atoms with Crippen molar-refractivity contribution in [2.45, 2.75) is 51.4 Å². The summed E-state index contributed by atoms with van der Waals surface area (Å²) in [6, 6.07) is 9.20. The molecule has 39 heavy (non-hydrogen) atoms. The molecule has 202 valence electrons. The molecular formula is C29H32N6O4. The summed E-state index contributed by atoms with van der Waals surface area (Å²) in [6.07, 6.45) is 4.87. The van der Waals surface area contributed by atoms with Gasteiger partial charge in [0.15, 0.2) is 0 Å². The molecule has 10 heteroatoms. The second kappa shape index (κ2) is 9.92. The smallest absolute Gasteiger partial charge is 0.255 e. The Labute approximate surface area is 226 Å². The lowest BCUT2D eigenvalue weighted by Gasteiger charge is -2.29. The topological polar surface area (TPSA) is 108 Å². The molecule has 0 radical (unpaired) electrons. The molecule has 2 aromatic heterocycles. The molecule has 2 saturated heterocycles. The van der Waals surface area contributed by atoms with Crippen molar-refractivity contribution in [2.75, 3.05) is 27.2 Å². The first-order chi connectivity index (χ1) is 18.8. The second-order valence-corrected chi connectivity index (χ2v) is 10.9. The quantitative estimate of drug-likeness (QED) is 0.492. The van der Waals surface area contributed by atoms with Gasteiger partial charge in [0.2, 0.25) is 17.7 Å². The van der Waals surface area contributed by atoms with Crippen molar-refractivity contribution in [1.82, 2.24) is 29.6 Å². The average molecular weight is 529 g/mol. The van der Waals surface area contributed by atoms with Gasteiger partial charge in [0.1, 0.15) is 18.2 Å². The summed E-state index contributed by atoms with van der Waals surface area (Å²) in [6.45, 7) is 3.46. The van der Waals surface area contributed by atoms with Crippen LogP contribution in [0.25, 0.3) is 22.3 Å². The molecule has 5 heterocycles. The summed E-state index contributed by atoms with van der Waals surface area (Å²) in [5, 5.41) is 3.39. The van der Waals surface area contributed by atoms with Crippen molar-refractivity contribution in [2.24, 2.45) is 0 Å². The van der Waals surface area contributed by atoms with Crippen molar-refractivity contribution in [3.63, 3.8) is 0 Å². The van der Waals surface area contributed by atoms with Gasteiger partial charge in [-0.05, 0) is 67.7 Å². The molecule has 0 bridgehead atoms. The normalized spacial score (nSPS) is 19.6. The summed E-state index contributed by atoms with van der Waals surface area (Å²) in [5.74, 6) is -0.920. The lowest BCUT2D eigenvalue weighted by atomic mass is 10.0. The molecule has 6 rings (SSSR count). The summed E-state index contributed by atoms with van der Waals surface area (Å²) in [4.78, 5) is 60.3. The van der Waals surface area contributed by atoms with Gasteiger partial charge in [0.25, 0.3) is 5.91 Å². The van der Waals surface area contributed by atoms with Crippen LogP contribution in [0, 0.1) is 0 Å². The van der Waals surface area contributed by atoms with E-state index in [4.69, 9.17) is 4.98 Å². The van der Waals surface area contributed by atoms with Crippen molar-refractivity contribution in [1.29, 1.82) is 0 Å². The number of carbonyl (C=O) groups excluding carboxylic acids is 4. The number of fused-ring (bicyclic) bond motifs is 2. The highest BCUT2D eigenvalue weighted by Crippen LogP contribution is 2.33. The third-order valence-electron chi connectivity index (χ3n) is 8.03. The first-order valence-corrected chi connectivity index (χ1v) is 13.5. The minimum Gasteiger partial charge on any atom is -0.347 e. The predicted molar refractivity (Wildman–Crippen MR) is 144 cm³/mol. The molecule has 4 amide bonds. The number of amides is 4. The van der Waals surface area contributed by atoms with Gasteiger partial charge in [0, 0.05) is 56.3 Å². The van der Waals surface area contributed by atoms with E-state index >= 15 is 0 Å². The molecule has 2 fully saturated rings. The molecule has 1 unspecified atom stereocenters. The molecule has 1 N–H and O–H groups in total. The van der Waals surface area contributed by atoms with E-state index in [0.29, 0.717) is 18.5 Å². The monoisotopic (exact) mass is 528 g/mol. The summed E-state index contributed by atoms with van der Waals surface area (Å²) < 4.78 is 1.90. The number of aromatic nitrogens is 2. The largest absolute Gasteiger partial charge is 0.347 e. The molecular weight excluding hydrogens is 496 g/mol. The fourth-order valence-electron chi connectivity index (χ4n) is 5.84. The first kappa shape index (κ1) is 25.2. The number of hydrogen-bond donors (Lipinski definition) is 1. The SMILES string of the molecule is CN(C)C(=O)Cn1ccc2c(CN3CCCC3)cc(-c3ccc4c(c3)CN(C3CCC(=O)NC3=O)C4=O)nc21. The highest BCUT2D eigenvalue weighted by atomic mass is 16.2. The Hall–Kier alpha value is -4.05. The van der Waals surface area contributed by atoms with E-state index in [0.717, 1.165) is 53.1 Å². The van der Waals surface area contributed by atoms with Gasteiger partial charge in [-0.2, -0.15) is 0 Å². The van der Waals surface area contributed by atoms with Gasteiger partial charge in [0.05, 0.1) is 5.69 Å². The fourth-order valence-corrected chi connectivity index (χ4v) is 5.84. The number of benzene rings is 1. The number of pyridine rings is 1. The number of likely N-dealkylation sites (N-methyl/N-ethyl adjacent to an activating group) is 1. The molecule has 0 saturated carbocycles. The third-order valence-corrected chi connectivity index (χ3v) is 8.03. The number of imide groups is 1. The zero-order valence-electron chi connectivity index (χ0n) is 22.3. The van der Waals surface area contributed by atoms with Crippen LogP contribution in [0.15, 0.2) is 36.5 Å². The van der Waals surface area contributed by atoms with Gasteiger partial charge in [-0.1, -0.05) is 6.07 Å². The highest BCUT2D eigenvalue weighted by Gasteiger charge is 2.39. The first-order valence-electron chi connectivity index (χ1n) is 13.5. The van der Waals surface area contributed by atoms with Crippen molar-refractivity contribution >= 4 is 34.7 Å². The number of nitrogens with zero attached hydrogens (tertiary/aromatic N) is 5. The average Bonchev–Trinajstić information content (AvgIpc) is 3.64. The zero-order chi connectivity index (χ0) is 27.3. The van der Waals surface area contributed by atoms with E-state index < -0.39 is 11.9 Å². The molecule has 10 nitrogen and oxygen atoms in total. The van der Waals surface area contributed by atoms with Gasteiger partial charge in [-0.15, -0.1) is 0 Å². The van der Waals surface area contributed by atoms with Crippen LogP contribution in [-0.2, 0) is 34.0 Å². The molecule has 0 aliphatic carbocycles. The second-order valence-electron chi connectivity index (χ2n) is 10.9. The van der Waals surface area contributed by atoms with Gasteiger partial charge < -0.3 is 14.4 Å². The van der Waals surface area contributed by atoms with Crippen molar-refractivity contribution in [3.8, 4) is 11.3 Å². The van der Waals surface area contributed by atoms with E-state index in [1.807, 2.05) is 29.0 Å². The van der Waals surface area contributed by atoms with E-state index in [2.05, 4.69) is 16.3 Å². The zero-order valence-corrected chi connectivity index (χ0v) is 22.3. The number of hydrogen-bond acceptors (Lipinski definition) is 6. The van der Waals surface area contributed by atoms with E-state index in [9.17, 15) is 19.2 Å². The van der Waals surface area contributed by atoms with Crippen LogP contribution in [0.5, 0.6) is 0 Å². The van der Waals surface area contributed by atoms with Gasteiger partial charge >= 0.3 is 0 Å². The molecule has 0 spiro atoms. The van der Waals surface area contributed by atoms with Crippen LogP contribution in [0.4, 0.5) is 0 Å². The van der Waals surface area contributed by atoms with E-state index in [1.54, 1.807) is 30.0 Å². The molecule has 1 atom stereocenters. The molecule has 3 aliphatic heterocycles. The number of carbonyl (C=O) groups is 4. The lowest BCUT2D eigenvalue weighted by molar-refractivity contribution is -0.137. The number of likely N-dealkylation sites (tertiary alicyclic amines) is 1. The Morgan fingerprint density at radius 2 is 1.90 bits per heavy atom. The van der Waals surface area contributed by atoms with Crippen LogP contribution < -0.4 is 5.32 Å². The van der Waals surface area contributed by atoms with Crippen molar-refractivity contribution in [3.05, 3.63) is 53.2 Å². The number of nitrogens with one attached hydrogen (secondary N) is 1. The Bertz CT molecular complexity index is 1500. The standard InChI is InChI=1S/C29H32N6O4/c1-32(2)26(37)17-34-12-9-21-20(15-33-10-3-4-11-33)14-23(30-27(21)34)18-5-6-22-19(13-18)16-35(29(22)39)24-7-8-25(36)31-28(24)38/h5-6,9,12-14,24H,3-4,7-8,10-11,15-17H2,1-2H3,(H,31,36,38). The minimum absolute atomic E-state index is 0.00891. The Balaban J connectivity index is 1.36. The summed E-state index contributed by atoms with van der Waals surface area (Å²) in [5.41, 5.74) is 4.99. The van der Waals surface area contributed by atoms with E-state index in [-0.39, 0.29) is 30.7 Å². The fraction of sp³-hybridized carbons (Fsp3) is 0.414. The number of rotatable bonds is 6. The maximum absolute atomic E-state index is 13.2. The Morgan fingerprint density at radius 3 is 2.64 bits per heavy atom. The molecule has 3 aromatic rings. The van der Waals surface area contributed by atoms with Gasteiger partial charge in [-0.3, -0.25) is 29.4 Å². The summed E-state index contributed by atoms with van der Waals surface area (Å²) >= 11 is 0. The van der Waals surface area contributed by atoms with Gasteiger partial charge in [-0.25, -0.2) is 4.98 Å². The minimum atomic E-state index is -0.648.